The van der Waals surface area contributed by atoms with E-state index in [1.807, 2.05) is 0 Å². The van der Waals surface area contributed by atoms with Crippen molar-refractivity contribution >= 4 is 11.9 Å². The number of rotatable bonds is 5. The average molecular weight is 285 g/mol. The largest absolute Gasteiger partial charge is 0.480 e. The fourth-order valence-corrected chi connectivity index (χ4v) is 1.79. The van der Waals surface area contributed by atoms with Crippen LogP contribution in [0.4, 0.5) is 8.78 Å². The third-order valence-electron chi connectivity index (χ3n) is 2.82. The number of hydrogen-bond acceptors (Lipinski definition) is 2. The van der Waals surface area contributed by atoms with E-state index in [9.17, 15) is 18.4 Å². The predicted molar refractivity (Wildman–Crippen MR) is 69.4 cm³/mol. The lowest BCUT2D eigenvalue weighted by molar-refractivity contribution is -0.139. The fourth-order valence-electron chi connectivity index (χ4n) is 1.79. The number of aryl methyl sites for hydroxylation is 1. The molecule has 2 N–H and O–H groups in total. The Bertz CT molecular complexity index is 529. The van der Waals surface area contributed by atoms with E-state index in [0.29, 0.717) is 0 Å². The molecule has 0 aromatic heterocycles. The highest BCUT2D eigenvalue weighted by molar-refractivity contribution is 5.97. The van der Waals surface area contributed by atoms with E-state index < -0.39 is 35.1 Å². The normalized spacial score (nSPS) is 12.3. The van der Waals surface area contributed by atoms with E-state index in [0.717, 1.165) is 6.07 Å². The van der Waals surface area contributed by atoms with Crippen molar-refractivity contribution in [1.82, 2.24) is 5.32 Å². The fraction of sp³-hybridized carbons (Fsp3) is 0.429. The number of benzene rings is 1. The molecule has 110 valence electrons. The van der Waals surface area contributed by atoms with E-state index >= 15 is 0 Å². The van der Waals surface area contributed by atoms with Gasteiger partial charge in [-0.2, -0.15) is 0 Å². The minimum atomic E-state index is -1.24. The number of halogens is 2. The summed E-state index contributed by atoms with van der Waals surface area (Å²) in [5, 5.41) is 11.2. The Morgan fingerprint density at radius 3 is 2.40 bits per heavy atom. The topological polar surface area (TPSA) is 66.4 Å². The maximum absolute atomic E-state index is 13.8. The summed E-state index contributed by atoms with van der Waals surface area (Å²) in [5.41, 5.74) is -0.632. The van der Waals surface area contributed by atoms with Gasteiger partial charge in [0.25, 0.3) is 5.91 Å². The second kappa shape index (κ2) is 6.45. The van der Waals surface area contributed by atoms with Crippen molar-refractivity contribution in [2.45, 2.75) is 33.2 Å². The molecular formula is C14H17F2NO3. The molecule has 0 radical (unpaired) electrons. The lowest BCUT2D eigenvalue weighted by atomic mass is 10.0. The van der Waals surface area contributed by atoms with Crippen LogP contribution < -0.4 is 5.32 Å². The van der Waals surface area contributed by atoms with Crippen LogP contribution in [0.5, 0.6) is 0 Å². The molecule has 1 aromatic carbocycles. The molecule has 0 saturated heterocycles. The van der Waals surface area contributed by atoms with Crippen molar-refractivity contribution in [1.29, 1.82) is 0 Å². The predicted octanol–water partition coefficient (Wildman–Crippen LogP) is 2.50. The average Bonchev–Trinajstić information content (AvgIpc) is 2.33. The third kappa shape index (κ3) is 3.76. The quantitative estimate of drug-likeness (QED) is 0.873. The molecule has 0 saturated carbocycles. The maximum Gasteiger partial charge on any atom is 0.326 e. The zero-order valence-electron chi connectivity index (χ0n) is 11.5. The van der Waals surface area contributed by atoms with Crippen LogP contribution in [0.3, 0.4) is 0 Å². The van der Waals surface area contributed by atoms with Crippen molar-refractivity contribution in [3.8, 4) is 0 Å². The van der Waals surface area contributed by atoms with Crippen LogP contribution in [0.2, 0.25) is 0 Å². The molecule has 0 aliphatic carbocycles. The second-order valence-electron chi connectivity index (χ2n) is 5.05. The van der Waals surface area contributed by atoms with Gasteiger partial charge in [-0.3, -0.25) is 4.79 Å². The Balaban J connectivity index is 3.01. The van der Waals surface area contributed by atoms with Crippen LogP contribution in [0.15, 0.2) is 12.1 Å². The zero-order valence-corrected chi connectivity index (χ0v) is 11.5. The first-order valence-electron chi connectivity index (χ1n) is 6.22. The van der Waals surface area contributed by atoms with Gasteiger partial charge in [0.15, 0.2) is 0 Å². The number of carbonyl (C=O) groups is 2. The van der Waals surface area contributed by atoms with Crippen LogP contribution in [0.25, 0.3) is 0 Å². The zero-order chi connectivity index (χ0) is 15.4. The summed E-state index contributed by atoms with van der Waals surface area (Å²) in [6, 6.07) is 1.01. The van der Waals surface area contributed by atoms with Crippen LogP contribution in [0, 0.1) is 24.5 Å². The van der Waals surface area contributed by atoms with Crippen LogP contribution in [0.1, 0.15) is 36.2 Å². The Morgan fingerprint density at radius 2 is 1.90 bits per heavy atom. The molecule has 0 fully saturated rings. The van der Waals surface area contributed by atoms with Crippen molar-refractivity contribution in [2.24, 2.45) is 5.92 Å². The monoisotopic (exact) mass is 285 g/mol. The van der Waals surface area contributed by atoms with Gasteiger partial charge in [0.2, 0.25) is 0 Å². The van der Waals surface area contributed by atoms with E-state index in [-0.39, 0.29) is 17.9 Å². The van der Waals surface area contributed by atoms with Gasteiger partial charge >= 0.3 is 5.97 Å². The number of carbonyl (C=O) groups excluding carboxylic acids is 1. The highest BCUT2D eigenvalue weighted by atomic mass is 19.1. The van der Waals surface area contributed by atoms with E-state index in [1.165, 1.54) is 13.0 Å². The summed E-state index contributed by atoms with van der Waals surface area (Å²) in [6.45, 7) is 4.97. The molecule has 0 bridgehead atoms. The summed E-state index contributed by atoms with van der Waals surface area (Å²) in [7, 11) is 0. The molecule has 4 nitrogen and oxygen atoms in total. The highest BCUT2D eigenvalue weighted by Gasteiger charge is 2.25. The number of nitrogens with one attached hydrogen (secondary N) is 1. The standard InChI is InChI=1S/C14H17F2NO3/c1-7(2)6-10(14(19)20)17-13(18)11-9(15)5-4-8(3)12(11)16/h4-5,7,10H,6H2,1-3H3,(H,17,18)(H,19,20)/t10-/m1/s1. The van der Waals surface area contributed by atoms with Gasteiger partial charge in [-0.15, -0.1) is 0 Å². The summed E-state index contributed by atoms with van der Waals surface area (Å²) in [5.74, 6) is -4.27. The molecule has 0 unspecified atom stereocenters. The van der Waals surface area contributed by atoms with Crippen molar-refractivity contribution in [2.75, 3.05) is 0 Å². The van der Waals surface area contributed by atoms with Gasteiger partial charge in [-0.1, -0.05) is 19.9 Å². The molecule has 1 amide bonds. The number of carboxylic acid groups (broad SMARTS) is 1. The Labute approximate surface area is 115 Å². The number of amides is 1. The lowest BCUT2D eigenvalue weighted by Crippen LogP contribution is -2.42. The van der Waals surface area contributed by atoms with Crippen molar-refractivity contribution in [3.63, 3.8) is 0 Å². The van der Waals surface area contributed by atoms with Gasteiger partial charge in [0.1, 0.15) is 23.2 Å². The molecule has 20 heavy (non-hydrogen) atoms. The smallest absolute Gasteiger partial charge is 0.326 e. The van der Waals surface area contributed by atoms with Gasteiger partial charge < -0.3 is 10.4 Å². The van der Waals surface area contributed by atoms with Gasteiger partial charge in [0.05, 0.1) is 0 Å². The van der Waals surface area contributed by atoms with Crippen LogP contribution in [-0.2, 0) is 4.79 Å². The minimum absolute atomic E-state index is 0.0172. The Morgan fingerprint density at radius 1 is 1.30 bits per heavy atom. The minimum Gasteiger partial charge on any atom is -0.480 e. The molecule has 1 rings (SSSR count). The molecule has 1 aromatic rings. The van der Waals surface area contributed by atoms with Gasteiger partial charge in [-0.05, 0) is 30.9 Å². The first-order valence-corrected chi connectivity index (χ1v) is 6.22. The molecule has 0 spiro atoms. The third-order valence-corrected chi connectivity index (χ3v) is 2.82. The molecule has 6 heteroatoms. The summed E-state index contributed by atoms with van der Waals surface area (Å²) >= 11 is 0. The first kappa shape index (κ1) is 16.1. The molecule has 0 heterocycles. The first-order chi connectivity index (χ1) is 9.23. The SMILES string of the molecule is Cc1ccc(F)c(C(=O)N[C@H](CC(C)C)C(=O)O)c1F. The maximum atomic E-state index is 13.8. The Hall–Kier alpha value is -1.98. The summed E-state index contributed by atoms with van der Waals surface area (Å²) < 4.78 is 27.3. The highest BCUT2D eigenvalue weighted by Crippen LogP contribution is 2.17. The van der Waals surface area contributed by atoms with Gasteiger partial charge in [0, 0.05) is 0 Å². The van der Waals surface area contributed by atoms with Crippen LogP contribution >= 0.6 is 0 Å². The summed E-state index contributed by atoms with van der Waals surface area (Å²) in [4.78, 5) is 22.9. The molecule has 0 aliphatic rings. The van der Waals surface area contributed by atoms with Crippen molar-refractivity contribution in [3.05, 3.63) is 34.9 Å². The van der Waals surface area contributed by atoms with Crippen LogP contribution in [-0.4, -0.2) is 23.0 Å². The number of carboxylic acids is 1. The van der Waals surface area contributed by atoms with Gasteiger partial charge in [-0.25, -0.2) is 13.6 Å². The van der Waals surface area contributed by atoms with E-state index in [1.54, 1.807) is 13.8 Å². The number of aliphatic carboxylic acids is 1. The summed E-state index contributed by atoms with van der Waals surface area (Å²) in [6.07, 6.45) is 0.177. The lowest BCUT2D eigenvalue weighted by Gasteiger charge is -2.17. The molecule has 0 aliphatic heterocycles. The second-order valence-corrected chi connectivity index (χ2v) is 5.05. The molecular weight excluding hydrogens is 268 g/mol. The van der Waals surface area contributed by atoms with Crippen molar-refractivity contribution < 1.29 is 23.5 Å². The Kier molecular flexibility index (Phi) is 5.19. The molecule has 1 atom stereocenters. The van der Waals surface area contributed by atoms with E-state index in [2.05, 4.69) is 5.32 Å². The van der Waals surface area contributed by atoms with E-state index in [4.69, 9.17) is 5.11 Å². The number of hydrogen-bond donors (Lipinski definition) is 2.